The Morgan fingerprint density at radius 3 is 2.65 bits per heavy atom. The molecule has 12 heteroatoms. The van der Waals surface area contributed by atoms with E-state index in [2.05, 4.69) is 54.3 Å². The molecule has 4 heterocycles. The number of methoxy groups -OCH3 is 1. The van der Waals surface area contributed by atoms with E-state index in [0.29, 0.717) is 29.2 Å². The number of carbonyl (C=O) groups excluding carboxylic acids is 1. The van der Waals surface area contributed by atoms with Crippen molar-refractivity contribution in [3.63, 3.8) is 0 Å². The first-order valence-electron chi connectivity index (χ1n) is 12.3. The average Bonchev–Trinajstić information content (AvgIpc) is 3.66. The average molecular weight is 608 g/mol. The van der Waals surface area contributed by atoms with Gasteiger partial charge < -0.3 is 30.6 Å². The zero-order valence-corrected chi connectivity index (χ0v) is 23.4. The van der Waals surface area contributed by atoms with Crippen molar-refractivity contribution >= 4 is 17.6 Å². The molecule has 0 amide bonds. The topological polar surface area (TPSA) is 90.3 Å². The zero-order chi connectivity index (χ0) is 27.5. The number of rotatable bonds is 6. The molecule has 1 aliphatic carbocycles. The number of aromatic nitrogens is 4. The maximum atomic E-state index is 13.1. The summed E-state index contributed by atoms with van der Waals surface area (Å²) >= 11 is 1.37. The third-order valence-electron chi connectivity index (χ3n) is 5.79. The number of nitrogens with zero attached hydrogens (tertiary/aromatic N) is 5. The van der Waals surface area contributed by atoms with E-state index in [4.69, 9.17) is 9.47 Å². The van der Waals surface area contributed by atoms with Crippen LogP contribution in [0.15, 0.2) is 24.5 Å². The summed E-state index contributed by atoms with van der Waals surface area (Å²) < 4.78 is 36.7. The Morgan fingerprint density at radius 2 is 2.00 bits per heavy atom. The molecule has 5 rings (SSSR count). The third-order valence-corrected chi connectivity index (χ3v) is 6.34. The number of hydrogen-bond donors (Lipinski definition) is 0. The molecule has 40 heavy (non-hydrogen) atoms. The molecular weight excluding hydrogens is 583 g/mol. The van der Waals surface area contributed by atoms with E-state index in [1.165, 1.54) is 49.7 Å². The standard InChI is InChI=1S/C21H20F2N3O3.C7H5N2S.Ni/c1-28-20-13-25-19(21(22)23)11-18(20)17-10-16(24-12-15(17)14-27)4-2-3-5-26-6-8-29-9-7-26;1-2-6(1)3-4-7-9-8-5-10-7;/h10-13,21H,3,5-9H2,1H3;6H,1-2H2;/q2*-1;+2. The van der Waals surface area contributed by atoms with Crippen molar-refractivity contribution in [3.05, 3.63) is 52.0 Å². The fourth-order valence-corrected chi connectivity index (χ4v) is 3.92. The molecular formula is C28H25F2N5NiO3S. The monoisotopic (exact) mass is 607 g/mol. The number of ether oxygens (including phenoxy) is 2. The van der Waals surface area contributed by atoms with Crippen LogP contribution in [0, 0.1) is 35.1 Å². The molecule has 1 aliphatic heterocycles. The van der Waals surface area contributed by atoms with Crippen LogP contribution in [0.25, 0.3) is 11.1 Å². The molecule has 3 aromatic rings. The largest absolute Gasteiger partial charge is 2.00 e. The second-order valence-corrected chi connectivity index (χ2v) is 9.35. The molecule has 0 atom stereocenters. The van der Waals surface area contributed by atoms with E-state index in [1.54, 1.807) is 12.4 Å². The van der Waals surface area contributed by atoms with Gasteiger partial charge >= 0.3 is 16.5 Å². The Balaban J connectivity index is 0.000000334. The first-order chi connectivity index (χ1) is 19.1. The first kappa shape index (κ1) is 31.3. The van der Waals surface area contributed by atoms with Crippen molar-refractivity contribution in [1.82, 2.24) is 25.1 Å². The molecule has 0 unspecified atom stereocenters. The van der Waals surface area contributed by atoms with Gasteiger partial charge in [0.1, 0.15) is 11.4 Å². The van der Waals surface area contributed by atoms with Crippen LogP contribution in [0.2, 0.25) is 0 Å². The maximum Gasteiger partial charge on any atom is 2.00 e. The van der Waals surface area contributed by atoms with Gasteiger partial charge in [0.05, 0.1) is 38.5 Å². The van der Waals surface area contributed by atoms with Crippen molar-refractivity contribution in [1.29, 1.82) is 0 Å². The van der Waals surface area contributed by atoms with E-state index >= 15 is 0 Å². The number of morpholine rings is 1. The van der Waals surface area contributed by atoms with E-state index < -0.39 is 12.1 Å². The van der Waals surface area contributed by atoms with E-state index in [9.17, 15) is 13.6 Å². The van der Waals surface area contributed by atoms with Crippen LogP contribution in [-0.2, 0) is 26.0 Å². The van der Waals surface area contributed by atoms with E-state index in [-0.39, 0.29) is 27.8 Å². The summed E-state index contributed by atoms with van der Waals surface area (Å²) in [5, 5.41) is 8.10. The number of halogens is 2. The fraction of sp³-hybridized carbons (Fsp3) is 0.393. The number of hydrogen-bond acceptors (Lipinski definition) is 9. The van der Waals surface area contributed by atoms with E-state index in [1.807, 2.05) is 0 Å². The predicted molar refractivity (Wildman–Crippen MR) is 141 cm³/mol. The summed E-state index contributed by atoms with van der Waals surface area (Å²) in [6.07, 6.45) is 4.76. The second-order valence-electron chi connectivity index (χ2n) is 8.58. The molecule has 0 bridgehead atoms. The van der Waals surface area contributed by atoms with Crippen molar-refractivity contribution < 1.29 is 39.5 Å². The minimum absolute atomic E-state index is 0. The van der Waals surface area contributed by atoms with Gasteiger partial charge in [0.25, 0.3) is 6.43 Å². The Hall–Kier alpha value is -3.28. The van der Waals surface area contributed by atoms with E-state index in [0.717, 1.165) is 37.9 Å². The Kier molecular flexibility index (Phi) is 12.6. The molecule has 0 aromatic carbocycles. The van der Waals surface area contributed by atoms with Gasteiger partial charge in [-0.3, -0.25) is 15.0 Å². The minimum Gasteiger partial charge on any atom is -0.496 e. The molecule has 0 spiro atoms. The SMILES string of the molecule is C(#CC1CC1)c1nn[c-]s1.COc1cnc(C(F)F)cc1-c1cc(C#CCCN2CCOCC2)ncc1[C-]=O.[Ni+2]. The van der Waals surface area contributed by atoms with Gasteiger partial charge in [-0.05, 0) is 30.4 Å². The quantitative estimate of drug-likeness (QED) is 0.238. The molecule has 210 valence electrons. The third kappa shape index (κ3) is 9.43. The molecule has 3 aromatic heterocycles. The van der Waals surface area contributed by atoms with Gasteiger partial charge in [0.15, 0.2) is 0 Å². The van der Waals surface area contributed by atoms with Gasteiger partial charge in [0, 0.05) is 37.0 Å². The van der Waals surface area contributed by atoms with Crippen molar-refractivity contribution in [3.8, 4) is 40.6 Å². The van der Waals surface area contributed by atoms with Crippen LogP contribution in [0.1, 0.15) is 47.6 Å². The Bertz CT molecular complexity index is 1380. The predicted octanol–water partition coefficient (Wildman–Crippen LogP) is 3.72. The normalized spacial score (nSPS) is 14.4. The van der Waals surface area contributed by atoms with Crippen LogP contribution in [0.3, 0.4) is 0 Å². The van der Waals surface area contributed by atoms with Crippen LogP contribution >= 0.6 is 11.3 Å². The van der Waals surface area contributed by atoms with Crippen molar-refractivity contribution in [2.45, 2.75) is 25.7 Å². The summed E-state index contributed by atoms with van der Waals surface area (Å²) in [7, 11) is 1.40. The summed E-state index contributed by atoms with van der Waals surface area (Å²) in [6, 6.07) is 2.78. The molecule has 0 radical (unpaired) electrons. The molecule has 1 saturated carbocycles. The summed E-state index contributed by atoms with van der Waals surface area (Å²) in [5.41, 5.74) is 3.49. The molecule has 1 saturated heterocycles. The maximum absolute atomic E-state index is 13.1. The summed E-state index contributed by atoms with van der Waals surface area (Å²) in [6.45, 7) is 4.08. The Labute approximate surface area is 245 Å². The zero-order valence-electron chi connectivity index (χ0n) is 21.6. The van der Waals surface area contributed by atoms with Gasteiger partial charge in [-0.2, -0.15) is 0 Å². The summed E-state index contributed by atoms with van der Waals surface area (Å²) in [5.74, 6) is 13.0. The van der Waals surface area contributed by atoms with Crippen molar-refractivity contribution in [2.75, 3.05) is 40.0 Å². The first-order valence-corrected chi connectivity index (χ1v) is 13.1. The van der Waals surface area contributed by atoms with Gasteiger partial charge in [-0.15, -0.1) is 23.0 Å². The molecule has 8 nitrogen and oxygen atoms in total. The Morgan fingerprint density at radius 1 is 1.20 bits per heavy atom. The number of alkyl halides is 2. The smallest absolute Gasteiger partial charge is 0.496 e. The van der Waals surface area contributed by atoms with Crippen LogP contribution in [-0.4, -0.2) is 71.3 Å². The second kappa shape index (κ2) is 16.1. The van der Waals surface area contributed by atoms with Crippen molar-refractivity contribution in [2.24, 2.45) is 5.92 Å². The van der Waals surface area contributed by atoms with Crippen LogP contribution < -0.4 is 4.74 Å². The van der Waals surface area contributed by atoms with Gasteiger partial charge in [-0.1, -0.05) is 23.7 Å². The van der Waals surface area contributed by atoms with Gasteiger partial charge in [-0.25, -0.2) is 13.9 Å². The molecule has 0 N–H and O–H groups in total. The summed E-state index contributed by atoms with van der Waals surface area (Å²) in [4.78, 5) is 21.5. The van der Waals surface area contributed by atoms with Gasteiger partial charge in [0.2, 0.25) is 0 Å². The van der Waals surface area contributed by atoms with Crippen LogP contribution in [0.5, 0.6) is 5.75 Å². The van der Waals surface area contributed by atoms with Crippen LogP contribution in [0.4, 0.5) is 8.78 Å². The molecule has 2 fully saturated rings. The fourth-order valence-electron chi connectivity index (χ4n) is 3.56. The number of pyridine rings is 2. The molecule has 2 aliphatic rings. The minimum atomic E-state index is -2.75.